The number of ether oxygens (including phenoxy) is 1. The number of phenolic OH excluding ortho intramolecular Hbond substituents is 2. The molecule has 0 unspecified atom stereocenters. The Hall–Kier alpha value is -3.58. The van der Waals surface area contributed by atoms with E-state index in [4.69, 9.17) is 9.84 Å². The molecule has 3 aromatic rings. The third-order valence-electron chi connectivity index (χ3n) is 3.75. The van der Waals surface area contributed by atoms with Crippen LogP contribution in [0, 0.1) is 0 Å². The summed E-state index contributed by atoms with van der Waals surface area (Å²) in [6.45, 7) is 0. The Bertz CT molecular complexity index is 970. The van der Waals surface area contributed by atoms with Gasteiger partial charge in [0.2, 0.25) is 0 Å². The molecule has 0 aromatic heterocycles. The lowest BCUT2D eigenvalue weighted by Crippen LogP contribution is -2.17. The van der Waals surface area contributed by atoms with Gasteiger partial charge in [0.1, 0.15) is 5.75 Å². The van der Waals surface area contributed by atoms with Crippen LogP contribution in [0.25, 0.3) is 10.8 Å². The third kappa shape index (κ3) is 4.99. The van der Waals surface area contributed by atoms with Gasteiger partial charge in [0.15, 0.2) is 11.5 Å². The quantitative estimate of drug-likeness (QED) is 0.407. The molecule has 0 aliphatic carbocycles. The predicted molar refractivity (Wildman–Crippen MR) is 110 cm³/mol. The minimum Gasteiger partial charge on any atom is -0.507 e. The van der Waals surface area contributed by atoms with Crippen molar-refractivity contribution in [2.45, 2.75) is 7.43 Å². The predicted octanol–water partition coefficient (Wildman–Crippen LogP) is 3.27. The average Bonchev–Trinajstić information content (AvgIpc) is 2.71. The Labute approximate surface area is 163 Å². The molecule has 0 aliphatic rings. The van der Waals surface area contributed by atoms with Gasteiger partial charge < -0.3 is 20.1 Å². The van der Waals surface area contributed by atoms with Crippen LogP contribution in [0.1, 0.15) is 23.3 Å². The Morgan fingerprint density at radius 1 is 1.04 bits per heavy atom. The van der Waals surface area contributed by atoms with Crippen LogP contribution >= 0.6 is 0 Å². The zero-order valence-electron chi connectivity index (χ0n) is 14.9. The second-order valence-electron chi connectivity index (χ2n) is 5.31. The van der Waals surface area contributed by atoms with E-state index in [1.807, 2.05) is 30.3 Å². The van der Waals surface area contributed by atoms with Crippen molar-refractivity contribution in [2.75, 3.05) is 14.2 Å². The monoisotopic (exact) mass is 384 g/mol. The molecule has 0 bridgehead atoms. The number of nitrogens with zero attached hydrogens (tertiary/aromatic N) is 1. The highest BCUT2D eigenvalue weighted by Gasteiger charge is 2.09. The van der Waals surface area contributed by atoms with E-state index in [9.17, 15) is 15.0 Å². The molecule has 3 rings (SSSR count). The van der Waals surface area contributed by atoms with Crippen LogP contribution in [-0.2, 0) is 0 Å². The fraction of sp³-hybridized carbons (Fsp3) is 0.143. The molecule has 7 nitrogen and oxygen atoms in total. The topological polar surface area (TPSA) is 111 Å². The molecule has 0 aliphatic heterocycles. The summed E-state index contributed by atoms with van der Waals surface area (Å²) >= 11 is 0. The zero-order valence-corrected chi connectivity index (χ0v) is 14.9. The normalized spacial score (nSPS) is 9.96. The number of carbonyl (C=O) groups excluding carboxylic acids is 1. The number of phenols is 2. The van der Waals surface area contributed by atoms with E-state index >= 15 is 0 Å². The summed E-state index contributed by atoms with van der Waals surface area (Å²) < 4.78 is 4.97. The number of rotatable bonds is 4. The lowest BCUT2D eigenvalue weighted by molar-refractivity contribution is 0.0954. The Kier molecular flexibility index (Phi) is 8.46. The molecule has 1 amide bonds. The van der Waals surface area contributed by atoms with Crippen LogP contribution in [0.5, 0.6) is 17.2 Å². The minimum atomic E-state index is -0.464. The number of fused-ring (bicyclic) bond motifs is 1. The average molecular weight is 384 g/mol. The molecule has 3 aromatic carbocycles. The summed E-state index contributed by atoms with van der Waals surface area (Å²) in [6, 6.07) is 15.2. The molecule has 4 N–H and O–H groups in total. The molecule has 0 fully saturated rings. The number of hydrazone groups is 1. The van der Waals surface area contributed by atoms with Gasteiger partial charge in [0.25, 0.3) is 5.91 Å². The standard InChI is InChI=1S/C19H16N2O4.CH4O.CH4/c1-25-18-10-13(7-9-17(18)23)19(24)21-20-11-15-14-5-3-2-4-12(14)6-8-16(15)22;1-2;/h2-11,22-23H,1H3,(H,21,24);2H,1H3;1H4/b20-11+;;. The molecule has 148 valence electrons. The smallest absolute Gasteiger partial charge is 0.271 e. The SMILES string of the molecule is C.CO.COc1cc(C(=O)N/N=C/c2c(O)ccc3ccccc23)ccc1O. The van der Waals surface area contributed by atoms with Gasteiger partial charge in [0.05, 0.1) is 13.3 Å². The molecule has 0 atom stereocenters. The van der Waals surface area contributed by atoms with Crippen LogP contribution in [0.3, 0.4) is 0 Å². The lowest BCUT2D eigenvalue weighted by atomic mass is 10.0. The molecule has 7 heteroatoms. The number of carbonyl (C=O) groups is 1. The number of hydrogen-bond donors (Lipinski definition) is 4. The first-order valence-corrected chi connectivity index (χ1v) is 7.96. The van der Waals surface area contributed by atoms with E-state index in [-0.39, 0.29) is 30.2 Å². The maximum atomic E-state index is 12.1. The van der Waals surface area contributed by atoms with E-state index in [0.29, 0.717) is 5.56 Å². The number of methoxy groups -OCH3 is 1. The second kappa shape index (κ2) is 10.5. The lowest BCUT2D eigenvalue weighted by Gasteiger charge is -2.06. The largest absolute Gasteiger partial charge is 0.507 e. The van der Waals surface area contributed by atoms with Crippen molar-refractivity contribution in [1.82, 2.24) is 5.43 Å². The van der Waals surface area contributed by atoms with Gasteiger partial charge in [0, 0.05) is 18.2 Å². The first kappa shape index (κ1) is 22.5. The molecule has 0 saturated heterocycles. The molecule has 0 spiro atoms. The number of aromatic hydroxyl groups is 2. The van der Waals surface area contributed by atoms with Gasteiger partial charge in [-0.2, -0.15) is 5.10 Å². The highest BCUT2D eigenvalue weighted by molar-refractivity contribution is 6.03. The molecular weight excluding hydrogens is 360 g/mol. The summed E-state index contributed by atoms with van der Waals surface area (Å²) in [7, 11) is 2.40. The molecular formula is C21H24N2O5. The summed E-state index contributed by atoms with van der Waals surface area (Å²) in [5.74, 6) is -0.246. The van der Waals surface area contributed by atoms with Crippen LogP contribution in [-0.4, -0.2) is 41.7 Å². The first-order chi connectivity index (χ1) is 13.1. The summed E-state index contributed by atoms with van der Waals surface area (Å²) in [5, 5.41) is 32.3. The van der Waals surface area contributed by atoms with Crippen LogP contribution < -0.4 is 10.2 Å². The number of nitrogens with one attached hydrogen (secondary N) is 1. The van der Waals surface area contributed by atoms with E-state index in [2.05, 4.69) is 10.5 Å². The van der Waals surface area contributed by atoms with Crippen molar-refractivity contribution in [2.24, 2.45) is 5.10 Å². The van der Waals surface area contributed by atoms with E-state index < -0.39 is 5.91 Å². The number of hydrogen-bond acceptors (Lipinski definition) is 6. The van der Waals surface area contributed by atoms with Crippen molar-refractivity contribution in [3.05, 3.63) is 65.7 Å². The Morgan fingerprint density at radius 2 is 1.71 bits per heavy atom. The van der Waals surface area contributed by atoms with Crippen LogP contribution in [0.4, 0.5) is 0 Å². The summed E-state index contributed by atoms with van der Waals surface area (Å²) in [6.07, 6.45) is 1.40. The van der Waals surface area contributed by atoms with Gasteiger partial charge in [-0.3, -0.25) is 4.79 Å². The molecule has 0 radical (unpaired) electrons. The zero-order chi connectivity index (χ0) is 19.8. The van der Waals surface area contributed by atoms with E-state index in [1.165, 1.54) is 31.5 Å². The van der Waals surface area contributed by atoms with Crippen LogP contribution in [0.15, 0.2) is 59.7 Å². The van der Waals surface area contributed by atoms with Crippen molar-refractivity contribution in [3.63, 3.8) is 0 Å². The summed E-state index contributed by atoms with van der Waals surface area (Å²) in [5.41, 5.74) is 3.19. The number of aliphatic hydroxyl groups is 1. The number of aliphatic hydroxyl groups excluding tert-OH is 1. The fourth-order valence-electron chi connectivity index (χ4n) is 2.46. The number of amides is 1. The van der Waals surface area contributed by atoms with Crippen molar-refractivity contribution in [3.8, 4) is 17.2 Å². The number of benzene rings is 3. The minimum absolute atomic E-state index is 0. The Morgan fingerprint density at radius 3 is 2.43 bits per heavy atom. The maximum Gasteiger partial charge on any atom is 0.271 e. The van der Waals surface area contributed by atoms with Gasteiger partial charge in [-0.05, 0) is 35.0 Å². The van der Waals surface area contributed by atoms with Crippen LogP contribution in [0.2, 0.25) is 0 Å². The van der Waals surface area contributed by atoms with Gasteiger partial charge in [-0.1, -0.05) is 37.8 Å². The maximum absolute atomic E-state index is 12.1. The van der Waals surface area contributed by atoms with Crippen molar-refractivity contribution in [1.29, 1.82) is 0 Å². The Balaban J connectivity index is 0.00000127. The molecule has 0 heterocycles. The van der Waals surface area contributed by atoms with Gasteiger partial charge >= 0.3 is 0 Å². The molecule has 28 heavy (non-hydrogen) atoms. The fourth-order valence-corrected chi connectivity index (χ4v) is 2.46. The highest BCUT2D eigenvalue weighted by atomic mass is 16.5. The highest BCUT2D eigenvalue weighted by Crippen LogP contribution is 2.27. The van der Waals surface area contributed by atoms with E-state index in [0.717, 1.165) is 17.9 Å². The van der Waals surface area contributed by atoms with E-state index in [1.54, 1.807) is 6.07 Å². The molecule has 0 saturated carbocycles. The first-order valence-electron chi connectivity index (χ1n) is 7.96. The van der Waals surface area contributed by atoms with Crippen molar-refractivity contribution < 1.29 is 24.9 Å². The second-order valence-corrected chi connectivity index (χ2v) is 5.31. The van der Waals surface area contributed by atoms with Gasteiger partial charge in [-0.25, -0.2) is 5.43 Å². The van der Waals surface area contributed by atoms with Crippen molar-refractivity contribution >= 4 is 22.9 Å². The summed E-state index contributed by atoms with van der Waals surface area (Å²) in [4.78, 5) is 12.1. The third-order valence-corrected chi connectivity index (χ3v) is 3.75. The van der Waals surface area contributed by atoms with Gasteiger partial charge in [-0.15, -0.1) is 0 Å².